The third-order valence-electron chi connectivity index (χ3n) is 5.93. The predicted octanol–water partition coefficient (Wildman–Crippen LogP) is 3.72. The summed E-state index contributed by atoms with van der Waals surface area (Å²) < 4.78 is 0.727. The molecule has 1 atom stereocenters. The SMILES string of the molecule is CCCCCCCCCCCCCC[N+](C)(C)[C@H](O)CCc1ccccc1.[Br-]. The first kappa shape index (κ1) is 27.6. The van der Waals surface area contributed by atoms with E-state index in [2.05, 4.69) is 45.3 Å². The van der Waals surface area contributed by atoms with Crippen LogP contribution in [-0.4, -0.2) is 36.5 Å². The van der Waals surface area contributed by atoms with E-state index in [9.17, 15) is 5.11 Å². The minimum atomic E-state index is -0.266. The normalized spacial score (nSPS) is 12.6. The lowest BCUT2D eigenvalue weighted by molar-refractivity contribution is -0.937. The van der Waals surface area contributed by atoms with Gasteiger partial charge in [0.1, 0.15) is 0 Å². The highest BCUT2D eigenvalue weighted by Crippen LogP contribution is 2.16. The number of hydrogen-bond acceptors (Lipinski definition) is 1. The van der Waals surface area contributed by atoms with Gasteiger partial charge in [0.2, 0.25) is 0 Å². The van der Waals surface area contributed by atoms with Crippen LogP contribution >= 0.6 is 0 Å². The van der Waals surface area contributed by atoms with Crippen LogP contribution < -0.4 is 17.0 Å². The zero-order valence-electron chi connectivity index (χ0n) is 18.8. The first-order valence-electron chi connectivity index (χ1n) is 11.6. The lowest BCUT2D eigenvalue weighted by Gasteiger charge is -2.35. The lowest BCUT2D eigenvalue weighted by Crippen LogP contribution is -3.00. The molecule has 0 spiro atoms. The van der Waals surface area contributed by atoms with Gasteiger partial charge in [-0.3, -0.25) is 0 Å². The molecule has 0 aromatic heterocycles. The van der Waals surface area contributed by atoms with Crippen LogP contribution in [0.15, 0.2) is 30.3 Å². The van der Waals surface area contributed by atoms with E-state index in [1.54, 1.807) is 0 Å². The molecule has 164 valence electrons. The smallest absolute Gasteiger partial charge is 0.190 e. The predicted molar refractivity (Wildman–Crippen MR) is 119 cm³/mol. The van der Waals surface area contributed by atoms with E-state index < -0.39 is 0 Å². The number of unbranched alkanes of at least 4 members (excludes halogenated alkanes) is 11. The molecule has 0 aliphatic heterocycles. The van der Waals surface area contributed by atoms with Crippen molar-refractivity contribution in [1.29, 1.82) is 0 Å². The number of benzene rings is 1. The Balaban J connectivity index is 0.00000729. The van der Waals surface area contributed by atoms with E-state index >= 15 is 0 Å². The molecule has 1 aromatic carbocycles. The zero-order valence-corrected chi connectivity index (χ0v) is 20.4. The molecule has 0 fully saturated rings. The van der Waals surface area contributed by atoms with Crippen molar-refractivity contribution in [1.82, 2.24) is 0 Å². The third kappa shape index (κ3) is 13.7. The molecular formula is C25H46BrNO. The minimum Gasteiger partial charge on any atom is -1.00 e. The molecule has 0 heterocycles. The fourth-order valence-electron chi connectivity index (χ4n) is 3.80. The molecule has 0 aliphatic carbocycles. The standard InChI is InChI=1S/C25H46NO.BrH/c1-4-5-6-7-8-9-10-11-12-13-14-18-23-26(2,3)25(27)22-21-24-19-16-15-17-20-24;/h15-17,19-20,25,27H,4-14,18,21-23H2,1-3H3;1H/q+1;/p-1/t25-;/m1./s1. The largest absolute Gasteiger partial charge is 1.00 e. The maximum atomic E-state index is 10.6. The van der Waals surface area contributed by atoms with Crippen LogP contribution in [-0.2, 0) is 6.42 Å². The summed E-state index contributed by atoms with van der Waals surface area (Å²) in [6.07, 6.45) is 18.1. The number of halogens is 1. The topological polar surface area (TPSA) is 20.2 Å². The highest BCUT2D eigenvalue weighted by molar-refractivity contribution is 5.14. The second-order valence-corrected chi connectivity index (χ2v) is 8.90. The van der Waals surface area contributed by atoms with E-state index in [0.717, 1.165) is 23.9 Å². The molecule has 1 rings (SSSR count). The molecule has 0 saturated carbocycles. The maximum Gasteiger partial charge on any atom is 0.190 e. The Labute approximate surface area is 186 Å². The first-order chi connectivity index (χ1) is 13.1. The summed E-state index contributed by atoms with van der Waals surface area (Å²) in [7, 11) is 4.35. The van der Waals surface area contributed by atoms with Gasteiger partial charge >= 0.3 is 0 Å². The molecule has 0 saturated heterocycles. The molecule has 0 amide bonds. The van der Waals surface area contributed by atoms with E-state index in [1.165, 1.54) is 82.6 Å². The summed E-state index contributed by atoms with van der Waals surface area (Å²) in [5.74, 6) is 0. The maximum absolute atomic E-state index is 10.6. The van der Waals surface area contributed by atoms with Crippen molar-refractivity contribution in [3.05, 3.63) is 35.9 Å². The van der Waals surface area contributed by atoms with Crippen LogP contribution in [0, 0.1) is 0 Å². The molecule has 3 heteroatoms. The Morgan fingerprint density at radius 1 is 0.750 bits per heavy atom. The quantitative estimate of drug-likeness (QED) is 0.215. The minimum absolute atomic E-state index is 0. The van der Waals surface area contributed by atoms with Gasteiger partial charge in [-0.05, 0) is 24.8 Å². The van der Waals surface area contributed by atoms with Gasteiger partial charge in [-0.2, -0.15) is 0 Å². The molecule has 0 aliphatic rings. The van der Waals surface area contributed by atoms with Crippen molar-refractivity contribution in [3.63, 3.8) is 0 Å². The Bertz CT molecular complexity index is 449. The fourth-order valence-corrected chi connectivity index (χ4v) is 3.80. The second-order valence-electron chi connectivity index (χ2n) is 8.90. The van der Waals surface area contributed by atoms with Crippen LogP contribution in [0.5, 0.6) is 0 Å². The summed E-state index contributed by atoms with van der Waals surface area (Å²) in [5, 5.41) is 10.6. The summed E-state index contributed by atoms with van der Waals surface area (Å²) in [4.78, 5) is 0. The number of aliphatic hydroxyl groups is 1. The van der Waals surface area contributed by atoms with Crippen molar-refractivity contribution in [2.24, 2.45) is 0 Å². The van der Waals surface area contributed by atoms with Crippen molar-refractivity contribution in [2.45, 2.75) is 103 Å². The number of aryl methyl sites for hydroxylation is 1. The highest BCUT2D eigenvalue weighted by Gasteiger charge is 2.24. The van der Waals surface area contributed by atoms with E-state index in [1.807, 2.05) is 6.07 Å². The molecule has 0 radical (unpaired) electrons. The summed E-state index contributed by atoms with van der Waals surface area (Å²) >= 11 is 0. The van der Waals surface area contributed by atoms with E-state index in [-0.39, 0.29) is 23.2 Å². The van der Waals surface area contributed by atoms with Crippen LogP contribution in [0.3, 0.4) is 0 Å². The number of hydrogen-bond donors (Lipinski definition) is 1. The second kappa shape index (κ2) is 17.5. The molecule has 28 heavy (non-hydrogen) atoms. The van der Waals surface area contributed by atoms with Crippen LogP contribution in [0.2, 0.25) is 0 Å². The van der Waals surface area contributed by atoms with Crippen molar-refractivity contribution in [2.75, 3.05) is 20.6 Å². The molecule has 1 N–H and O–H groups in total. The monoisotopic (exact) mass is 455 g/mol. The fraction of sp³-hybridized carbons (Fsp3) is 0.760. The van der Waals surface area contributed by atoms with Crippen LogP contribution in [0.4, 0.5) is 0 Å². The Hall–Kier alpha value is -0.380. The zero-order chi connectivity index (χ0) is 19.8. The van der Waals surface area contributed by atoms with Gasteiger partial charge in [0.25, 0.3) is 0 Å². The molecule has 2 nitrogen and oxygen atoms in total. The summed E-state index contributed by atoms with van der Waals surface area (Å²) in [6.45, 7) is 3.36. The number of rotatable bonds is 17. The number of aliphatic hydroxyl groups excluding tert-OH is 1. The lowest BCUT2D eigenvalue weighted by atomic mass is 10.0. The van der Waals surface area contributed by atoms with Gasteiger partial charge in [0.05, 0.1) is 20.6 Å². The molecule has 0 bridgehead atoms. The molecular weight excluding hydrogens is 410 g/mol. The average Bonchev–Trinajstić information content (AvgIpc) is 2.67. The van der Waals surface area contributed by atoms with Gasteiger partial charge < -0.3 is 26.6 Å². The first-order valence-corrected chi connectivity index (χ1v) is 11.6. The van der Waals surface area contributed by atoms with Crippen molar-refractivity contribution in [3.8, 4) is 0 Å². The Morgan fingerprint density at radius 3 is 1.71 bits per heavy atom. The van der Waals surface area contributed by atoms with E-state index in [4.69, 9.17) is 0 Å². The van der Waals surface area contributed by atoms with E-state index in [0.29, 0.717) is 0 Å². The van der Waals surface area contributed by atoms with Gasteiger partial charge in [-0.25, -0.2) is 0 Å². The van der Waals surface area contributed by atoms with Gasteiger partial charge in [-0.1, -0.05) is 101 Å². The molecule has 1 aromatic rings. The van der Waals surface area contributed by atoms with Gasteiger partial charge in [0.15, 0.2) is 6.23 Å². The summed E-state index contributed by atoms with van der Waals surface area (Å²) in [5.41, 5.74) is 1.32. The van der Waals surface area contributed by atoms with Gasteiger partial charge in [-0.15, -0.1) is 0 Å². The van der Waals surface area contributed by atoms with Crippen LogP contribution in [0.1, 0.15) is 96.0 Å². The average molecular weight is 457 g/mol. The Morgan fingerprint density at radius 2 is 1.21 bits per heavy atom. The number of quaternary nitrogens is 1. The van der Waals surface area contributed by atoms with Crippen molar-refractivity contribution < 1.29 is 26.6 Å². The van der Waals surface area contributed by atoms with Crippen LogP contribution in [0.25, 0.3) is 0 Å². The summed E-state index contributed by atoms with van der Waals surface area (Å²) in [6, 6.07) is 10.5. The number of nitrogens with zero attached hydrogens (tertiary/aromatic N) is 1. The third-order valence-corrected chi connectivity index (χ3v) is 5.93. The highest BCUT2D eigenvalue weighted by atomic mass is 79.9. The van der Waals surface area contributed by atoms with Crippen molar-refractivity contribution >= 4 is 0 Å². The van der Waals surface area contributed by atoms with Gasteiger partial charge in [0, 0.05) is 6.42 Å². The molecule has 0 unspecified atom stereocenters. The Kier molecular flexibility index (Phi) is 17.2.